The molecular formula is C24H34ClNO6. The Morgan fingerprint density at radius 1 is 0.844 bits per heavy atom. The molecule has 1 aliphatic heterocycles. The average molecular weight is 468 g/mol. The maximum atomic E-state index is 9.54. The highest BCUT2D eigenvalue weighted by molar-refractivity contribution is 5.57. The van der Waals surface area contributed by atoms with Crippen LogP contribution in [-0.4, -0.2) is 71.9 Å². The third kappa shape index (κ3) is 4.70. The van der Waals surface area contributed by atoms with Crippen LogP contribution in [0.3, 0.4) is 0 Å². The number of rotatable bonds is 9. The fraction of sp³-hybridized carbons (Fsp3) is 0.500. The van der Waals surface area contributed by atoms with E-state index in [-0.39, 0.29) is 25.1 Å². The van der Waals surface area contributed by atoms with Gasteiger partial charge in [0.15, 0.2) is 23.0 Å². The first kappa shape index (κ1) is 25.9. The molecule has 0 fully saturated rings. The van der Waals surface area contributed by atoms with Gasteiger partial charge in [0.2, 0.25) is 5.75 Å². The number of hydrogen-bond acceptors (Lipinski definition) is 6. The van der Waals surface area contributed by atoms with Crippen molar-refractivity contribution in [2.75, 3.05) is 62.3 Å². The summed E-state index contributed by atoms with van der Waals surface area (Å²) in [5, 5.41) is 9.54. The minimum atomic E-state index is 0. The van der Waals surface area contributed by atoms with Crippen molar-refractivity contribution >= 4 is 0 Å². The van der Waals surface area contributed by atoms with E-state index in [1.165, 1.54) is 11.1 Å². The number of ether oxygens (including phenoxy) is 5. The van der Waals surface area contributed by atoms with Gasteiger partial charge in [0.05, 0.1) is 55.7 Å². The summed E-state index contributed by atoms with van der Waals surface area (Å²) < 4.78 is 28.7. The van der Waals surface area contributed by atoms with E-state index in [9.17, 15) is 5.11 Å². The number of aliphatic hydroxyl groups is 1. The van der Waals surface area contributed by atoms with Crippen molar-refractivity contribution in [1.82, 2.24) is 0 Å². The van der Waals surface area contributed by atoms with E-state index in [1.54, 1.807) is 35.5 Å². The van der Waals surface area contributed by atoms with Crippen molar-refractivity contribution < 1.29 is 45.7 Å². The molecule has 8 heteroatoms. The fourth-order valence-corrected chi connectivity index (χ4v) is 4.72. The maximum absolute atomic E-state index is 9.54. The van der Waals surface area contributed by atoms with Crippen LogP contribution in [-0.2, 0) is 6.42 Å². The lowest BCUT2D eigenvalue weighted by molar-refractivity contribution is -0.935. The molecule has 178 valence electrons. The Hall–Kier alpha value is -2.35. The van der Waals surface area contributed by atoms with Crippen LogP contribution in [0, 0.1) is 0 Å². The van der Waals surface area contributed by atoms with Gasteiger partial charge in [-0.1, -0.05) is 0 Å². The summed E-state index contributed by atoms with van der Waals surface area (Å²) in [6.45, 7) is 1.93. The quantitative estimate of drug-likeness (QED) is 0.532. The molecule has 0 aromatic heterocycles. The Morgan fingerprint density at radius 2 is 1.41 bits per heavy atom. The highest BCUT2D eigenvalue weighted by Gasteiger charge is 2.41. The fourth-order valence-electron chi connectivity index (χ4n) is 4.72. The summed E-state index contributed by atoms with van der Waals surface area (Å²) in [6.07, 6.45) is 1.64. The van der Waals surface area contributed by atoms with Gasteiger partial charge in [-0.25, -0.2) is 0 Å². The molecule has 2 atom stereocenters. The van der Waals surface area contributed by atoms with E-state index in [0.717, 1.165) is 41.7 Å². The molecule has 0 unspecified atom stereocenters. The van der Waals surface area contributed by atoms with Crippen LogP contribution in [0.25, 0.3) is 0 Å². The van der Waals surface area contributed by atoms with Gasteiger partial charge in [-0.2, -0.15) is 0 Å². The van der Waals surface area contributed by atoms with Gasteiger partial charge in [0.1, 0.15) is 6.04 Å². The predicted octanol–water partition coefficient (Wildman–Crippen LogP) is 0.208. The normalized spacial score (nSPS) is 19.4. The number of halogens is 1. The van der Waals surface area contributed by atoms with Crippen LogP contribution >= 0.6 is 0 Å². The smallest absolute Gasteiger partial charge is 0.203 e. The summed E-state index contributed by atoms with van der Waals surface area (Å²) in [4.78, 5) is 0. The Morgan fingerprint density at radius 3 is 1.91 bits per heavy atom. The third-order valence-electron chi connectivity index (χ3n) is 6.29. The molecule has 2 aromatic carbocycles. The maximum Gasteiger partial charge on any atom is 0.203 e. The number of fused-ring (bicyclic) bond motifs is 1. The summed E-state index contributed by atoms with van der Waals surface area (Å²) in [5.74, 6) is 3.25. The van der Waals surface area contributed by atoms with Gasteiger partial charge < -0.3 is 45.7 Å². The SMILES string of the molecule is COc1cc2c(cc1OC)[C@H](c1cc(OC)c(OC)c(OC)c1)[N@@+](C)(CCCO)CC2.[Cl-]. The third-order valence-corrected chi connectivity index (χ3v) is 6.29. The molecule has 0 saturated carbocycles. The molecule has 1 aliphatic rings. The Balaban J connectivity index is 0.00000363. The highest BCUT2D eigenvalue weighted by Crippen LogP contribution is 2.48. The van der Waals surface area contributed by atoms with Crippen LogP contribution in [0.15, 0.2) is 24.3 Å². The minimum absolute atomic E-state index is 0. The average Bonchev–Trinajstić information content (AvgIpc) is 2.80. The van der Waals surface area contributed by atoms with Gasteiger partial charge in [0, 0.05) is 30.6 Å². The van der Waals surface area contributed by atoms with E-state index in [1.807, 2.05) is 12.1 Å². The molecule has 1 heterocycles. The second-order valence-corrected chi connectivity index (χ2v) is 8.02. The lowest BCUT2D eigenvalue weighted by Gasteiger charge is -2.46. The number of nitrogens with zero attached hydrogens (tertiary/aromatic N) is 1. The van der Waals surface area contributed by atoms with Crippen LogP contribution in [0.4, 0.5) is 0 Å². The van der Waals surface area contributed by atoms with Crippen molar-refractivity contribution in [2.45, 2.75) is 18.9 Å². The van der Waals surface area contributed by atoms with E-state index < -0.39 is 0 Å². The highest BCUT2D eigenvalue weighted by atomic mass is 35.5. The molecular weight excluding hydrogens is 434 g/mol. The first-order chi connectivity index (χ1) is 15.0. The zero-order valence-corrected chi connectivity index (χ0v) is 20.5. The Bertz CT molecular complexity index is 897. The van der Waals surface area contributed by atoms with Gasteiger partial charge in [-0.3, -0.25) is 0 Å². The van der Waals surface area contributed by atoms with E-state index in [4.69, 9.17) is 23.7 Å². The van der Waals surface area contributed by atoms with Crippen LogP contribution in [0.1, 0.15) is 29.2 Å². The Kier molecular flexibility index (Phi) is 8.89. The molecule has 2 aromatic rings. The molecule has 0 amide bonds. The van der Waals surface area contributed by atoms with E-state index >= 15 is 0 Å². The summed E-state index contributed by atoms with van der Waals surface area (Å²) in [7, 11) is 10.4. The molecule has 7 nitrogen and oxygen atoms in total. The topological polar surface area (TPSA) is 66.4 Å². The van der Waals surface area contributed by atoms with Crippen LogP contribution in [0.2, 0.25) is 0 Å². The molecule has 0 saturated heterocycles. The van der Waals surface area contributed by atoms with Crippen molar-refractivity contribution in [3.8, 4) is 28.7 Å². The summed E-state index contributed by atoms with van der Waals surface area (Å²) in [6, 6.07) is 8.20. The standard InChI is InChI=1S/C24H34NO6.ClH/c1-25(9-7-11-26)10-8-16-12-19(27-2)20(28-3)15-18(16)23(25)17-13-21(29-4)24(31-6)22(14-17)30-5;/h12-15,23,26H,7-11H2,1-6H3;1H/q+1;/p-1/t23-,25-;/m0./s1. The van der Waals surface area contributed by atoms with Gasteiger partial charge >= 0.3 is 0 Å². The number of hydrogen-bond donors (Lipinski definition) is 1. The van der Waals surface area contributed by atoms with Crippen molar-refractivity contribution in [3.63, 3.8) is 0 Å². The number of benzene rings is 2. The lowest BCUT2D eigenvalue weighted by atomic mass is 9.85. The van der Waals surface area contributed by atoms with Crippen molar-refractivity contribution in [2.24, 2.45) is 0 Å². The number of aliphatic hydroxyl groups excluding tert-OH is 1. The Labute approximate surface area is 196 Å². The van der Waals surface area contributed by atoms with Crippen molar-refractivity contribution in [3.05, 3.63) is 41.0 Å². The predicted molar refractivity (Wildman–Crippen MR) is 119 cm³/mol. The largest absolute Gasteiger partial charge is 1.00 e. The molecule has 0 aliphatic carbocycles. The summed E-state index contributed by atoms with van der Waals surface area (Å²) >= 11 is 0. The first-order valence-corrected chi connectivity index (χ1v) is 10.5. The molecule has 0 spiro atoms. The zero-order valence-electron chi connectivity index (χ0n) is 19.7. The molecule has 32 heavy (non-hydrogen) atoms. The second kappa shape index (κ2) is 11.0. The summed E-state index contributed by atoms with van der Waals surface area (Å²) in [5.41, 5.74) is 3.47. The number of likely N-dealkylation sites (N-methyl/N-ethyl adjacent to an activating group) is 1. The molecule has 0 bridgehead atoms. The van der Waals surface area contributed by atoms with E-state index in [0.29, 0.717) is 23.0 Å². The number of quaternary nitrogens is 1. The van der Waals surface area contributed by atoms with Gasteiger partial charge in [-0.05, 0) is 29.8 Å². The van der Waals surface area contributed by atoms with Crippen LogP contribution in [0.5, 0.6) is 28.7 Å². The minimum Gasteiger partial charge on any atom is -1.00 e. The van der Waals surface area contributed by atoms with Gasteiger partial charge in [-0.15, -0.1) is 0 Å². The van der Waals surface area contributed by atoms with E-state index in [2.05, 4.69) is 19.2 Å². The van der Waals surface area contributed by atoms with Gasteiger partial charge in [0.25, 0.3) is 0 Å². The molecule has 3 rings (SSSR count). The second-order valence-electron chi connectivity index (χ2n) is 8.02. The lowest BCUT2D eigenvalue weighted by Crippen LogP contribution is -3.00. The first-order valence-electron chi connectivity index (χ1n) is 10.5. The van der Waals surface area contributed by atoms with Crippen LogP contribution < -0.4 is 36.1 Å². The molecule has 0 radical (unpaired) electrons. The monoisotopic (exact) mass is 467 g/mol. The zero-order chi connectivity index (χ0) is 22.6. The molecule has 1 N–H and O–H groups in total. The van der Waals surface area contributed by atoms with Crippen molar-refractivity contribution in [1.29, 1.82) is 0 Å². The number of methoxy groups -OCH3 is 5.